The molecule has 1 unspecified atom stereocenters. The molecular formula is C16H26BrNO. The highest BCUT2D eigenvalue weighted by Crippen LogP contribution is 2.16. The predicted octanol–water partition coefficient (Wildman–Crippen LogP) is 4.03. The second kappa shape index (κ2) is 9.51. The van der Waals surface area contributed by atoms with Gasteiger partial charge in [-0.3, -0.25) is 0 Å². The van der Waals surface area contributed by atoms with Crippen LogP contribution in [0, 0.1) is 5.92 Å². The normalized spacial score (nSPS) is 12.9. The molecule has 0 aliphatic carbocycles. The summed E-state index contributed by atoms with van der Waals surface area (Å²) in [6.07, 6.45) is 2.55. The van der Waals surface area contributed by atoms with E-state index < -0.39 is 0 Å². The lowest BCUT2D eigenvalue weighted by Gasteiger charge is -2.18. The summed E-state index contributed by atoms with van der Waals surface area (Å²) < 4.78 is 6.82. The van der Waals surface area contributed by atoms with Crippen LogP contribution in [0.4, 0.5) is 0 Å². The molecule has 0 saturated heterocycles. The highest BCUT2D eigenvalue weighted by Gasteiger charge is 2.10. The van der Waals surface area contributed by atoms with Crippen LogP contribution in [-0.4, -0.2) is 25.8 Å². The van der Waals surface area contributed by atoms with Crippen LogP contribution in [0.25, 0.3) is 0 Å². The summed E-state index contributed by atoms with van der Waals surface area (Å²) in [4.78, 5) is 0. The molecule has 0 fully saturated rings. The standard InChI is InChI=1S/C16H26BrNO/c1-4-18-12-15(9-10-19-13(2)3)11-14-5-7-16(17)8-6-14/h5-8,13,15,18H,4,9-12H2,1-3H3. The zero-order chi connectivity index (χ0) is 14.1. The molecule has 0 heterocycles. The minimum Gasteiger partial charge on any atom is -0.379 e. The second-order valence-electron chi connectivity index (χ2n) is 5.21. The van der Waals surface area contributed by atoms with Crippen LogP contribution in [-0.2, 0) is 11.2 Å². The van der Waals surface area contributed by atoms with Gasteiger partial charge >= 0.3 is 0 Å². The Hall–Kier alpha value is -0.380. The average Bonchev–Trinajstić information content (AvgIpc) is 2.38. The smallest absolute Gasteiger partial charge is 0.0518 e. The maximum Gasteiger partial charge on any atom is 0.0518 e. The average molecular weight is 328 g/mol. The molecule has 1 atom stereocenters. The number of rotatable bonds is 9. The Labute approximate surface area is 126 Å². The number of hydrogen-bond donors (Lipinski definition) is 1. The summed E-state index contributed by atoms with van der Waals surface area (Å²) in [5.74, 6) is 0.639. The van der Waals surface area contributed by atoms with E-state index in [2.05, 4.69) is 66.3 Å². The van der Waals surface area contributed by atoms with Gasteiger partial charge in [-0.1, -0.05) is 35.0 Å². The minimum absolute atomic E-state index is 0.326. The third-order valence-corrected chi connectivity index (χ3v) is 3.63. The Bertz CT molecular complexity index is 337. The molecule has 108 valence electrons. The molecule has 0 saturated carbocycles. The number of hydrogen-bond acceptors (Lipinski definition) is 2. The highest BCUT2D eigenvalue weighted by atomic mass is 79.9. The molecule has 19 heavy (non-hydrogen) atoms. The molecule has 3 heteroatoms. The van der Waals surface area contributed by atoms with Gasteiger partial charge in [0.25, 0.3) is 0 Å². The molecule has 1 rings (SSSR count). The van der Waals surface area contributed by atoms with E-state index in [9.17, 15) is 0 Å². The number of nitrogens with one attached hydrogen (secondary N) is 1. The maximum absolute atomic E-state index is 5.67. The third kappa shape index (κ3) is 7.71. The Morgan fingerprint density at radius 2 is 1.89 bits per heavy atom. The Morgan fingerprint density at radius 3 is 2.47 bits per heavy atom. The summed E-state index contributed by atoms with van der Waals surface area (Å²) >= 11 is 3.48. The zero-order valence-corrected chi connectivity index (χ0v) is 13.9. The van der Waals surface area contributed by atoms with Gasteiger partial charge in [-0.05, 0) is 63.4 Å². The van der Waals surface area contributed by atoms with Crippen molar-refractivity contribution in [3.05, 3.63) is 34.3 Å². The van der Waals surface area contributed by atoms with E-state index in [1.54, 1.807) is 0 Å². The molecular weight excluding hydrogens is 302 g/mol. The molecule has 1 aromatic carbocycles. The van der Waals surface area contributed by atoms with Crippen molar-refractivity contribution in [2.45, 2.75) is 39.7 Å². The molecule has 2 nitrogen and oxygen atoms in total. The van der Waals surface area contributed by atoms with Crippen molar-refractivity contribution in [3.63, 3.8) is 0 Å². The minimum atomic E-state index is 0.326. The van der Waals surface area contributed by atoms with Crippen LogP contribution in [0.1, 0.15) is 32.8 Å². The van der Waals surface area contributed by atoms with Crippen LogP contribution in [0.15, 0.2) is 28.7 Å². The fraction of sp³-hybridized carbons (Fsp3) is 0.625. The molecule has 0 bridgehead atoms. The summed E-state index contributed by atoms with van der Waals surface area (Å²) in [6, 6.07) is 8.63. The summed E-state index contributed by atoms with van der Waals surface area (Å²) in [5.41, 5.74) is 1.40. The largest absolute Gasteiger partial charge is 0.379 e. The van der Waals surface area contributed by atoms with Crippen LogP contribution in [0.2, 0.25) is 0 Å². The van der Waals surface area contributed by atoms with Gasteiger partial charge in [0.2, 0.25) is 0 Å². The first kappa shape index (κ1) is 16.7. The molecule has 1 aromatic rings. The van der Waals surface area contributed by atoms with Crippen LogP contribution < -0.4 is 5.32 Å². The topological polar surface area (TPSA) is 21.3 Å². The molecule has 0 spiro atoms. The lowest BCUT2D eigenvalue weighted by Crippen LogP contribution is -2.25. The van der Waals surface area contributed by atoms with Gasteiger partial charge in [0.05, 0.1) is 6.10 Å². The zero-order valence-electron chi connectivity index (χ0n) is 12.3. The summed E-state index contributed by atoms with van der Waals surface area (Å²) in [5, 5.41) is 3.45. The van der Waals surface area contributed by atoms with Gasteiger partial charge in [-0.2, -0.15) is 0 Å². The quantitative estimate of drug-likeness (QED) is 0.739. The number of ether oxygens (including phenoxy) is 1. The molecule has 0 amide bonds. The van der Waals surface area contributed by atoms with E-state index >= 15 is 0 Å². The number of halogens is 1. The predicted molar refractivity (Wildman–Crippen MR) is 85.6 cm³/mol. The van der Waals surface area contributed by atoms with E-state index in [4.69, 9.17) is 4.74 Å². The van der Waals surface area contributed by atoms with Gasteiger partial charge < -0.3 is 10.1 Å². The van der Waals surface area contributed by atoms with E-state index in [1.807, 2.05) is 0 Å². The van der Waals surface area contributed by atoms with Crippen molar-refractivity contribution < 1.29 is 4.74 Å². The maximum atomic E-state index is 5.67. The van der Waals surface area contributed by atoms with Gasteiger partial charge in [0, 0.05) is 11.1 Å². The van der Waals surface area contributed by atoms with Gasteiger partial charge in [-0.15, -0.1) is 0 Å². The van der Waals surface area contributed by atoms with E-state index in [0.717, 1.165) is 37.0 Å². The Kier molecular flexibility index (Phi) is 8.35. The Morgan fingerprint density at radius 1 is 1.21 bits per heavy atom. The van der Waals surface area contributed by atoms with E-state index in [0.29, 0.717) is 12.0 Å². The Balaban J connectivity index is 2.45. The van der Waals surface area contributed by atoms with Crippen LogP contribution in [0.5, 0.6) is 0 Å². The van der Waals surface area contributed by atoms with Gasteiger partial charge in [-0.25, -0.2) is 0 Å². The van der Waals surface area contributed by atoms with Crippen molar-refractivity contribution >= 4 is 15.9 Å². The lowest BCUT2D eigenvalue weighted by atomic mass is 9.96. The first-order valence-corrected chi connectivity index (χ1v) is 7.97. The molecule has 0 aliphatic heterocycles. The SMILES string of the molecule is CCNCC(CCOC(C)C)Cc1ccc(Br)cc1. The van der Waals surface area contributed by atoms with E-state index in [-0.39, 0.29) is 0 Å². The van der Waals surface area contributed by atoms with Crippen LogP contribution in [0.3, 0.4) is 0 Å². The van der Waals surface area contributed by atoms with E-state index in [1.165, 1.54) is 5.56 Å². The molecule has 0 aromatic heterocycles. The van der Waals surface area contributed by atoms with Crippen molar-refractivity contribution in [1.29, 1.82) is 0 Å². The van der Waals surface area contributed by atoms with Crippen LogP contribution >= 0.6 is 15.9 Å². The fourth-order valence-electron chi connectivity index (χ4n) is 2.05. The first-order valence-electron chi connectivity index (χ1n) is 7.18. The van der Waals surface area contributed by atoms with Crippen molar-refractivity contribution in [2.24, 2.45) is 5.92 Å². The summed E-state index contributed by atoms with van der Waals surface area (Å²) in [7, 11) is 0. The second-order valence-corrected chi connectivity index (χ2v) is 6.13. The lowest BCUT2D eigenvalue weighted by molar-refractivity contribution is 0.0683. The van der Waals surface area contributed by atoms with Gasteiger partial charge in [0.15, 0.2) is 0 Å². The monoisotopic (exact) mass is 327 g/mol. The van der Waals surface area contributed by atoms with Crippen molar-refractivity contribution in [1.82, 2.24) is 5.32 Å². The molecule has 0 radical (unpaired) electrons. The van der Waals surface area contributed by atoms with Crippen molar-refractivity contribution in [2.75, 3.05) is 19.7 Å². The van der Waals surface area contributed by atoms with Crippen molar-refractivity contribution in [3.8, 4) is 0 Å². The van der Waals surface area contributed by atoms with Gasteiger partial charge in [0.1, 0.15) is 0 Å². The first-order chi connectivity index (χ1) is 9.11. The highest BCUT2D eigenvalue weighted by molar-refractivity contribution is 9.10. The summed E-state index contributed by atoms with van der Waals surface area (Å²) in [6.45, 7) is 9.28. The fourth-order valence-corrected chi connectivity index (χ4v) is 2.31. The third-order valence-electron chi connectivity index (χ3n) is 3.10. The molecule has 0 aliphatic rings. The molecule has 1 N–H and O–H groups in total. The number of benzene rings is 1.